The van der Waals surface area contributed by atoms with Crippen LogP contribution < -0.4 is 5.73 Å². The van der Waals surface area contributed by atoms with Gasteiger partial charge in [-0.2, -0.15) is 4.68 Å². The normalized spacial score (nSPS) is 10.8. The summed E-state index contributed by atoms with van der Waals surface area (Å²) in [5.74, 6) is -1.05. The van der Waals surface area contributed by atoms with Crippen molar-refractivity contribution in [2.45, 2.75) is 6.92 Å². The fraction of sp³-hybridized carbons (Fsp3) is 0.0714. The maximum Gasteiger partial charge on any atom is 0.187 e. The van der Waals surface area contributed by atoms with Crippen molar-refractivity contribution in [3.05, 3.63) is 53.6 Å². The van der Waals surface area contributed by atoms with E-state index in [9.17, 15) is 8.78 Å². The largest absolute Gasteiger partial charge is 0.399 e. The molecule has 3 rings (SSSR count). The van der Waals surface area contributed by atoms with Crippen LogP contribution in [0.3, 0.4) is 0 Å². The van der Waals surface area contributed by atoms with E-state index in [4.69, 9.17) is 5.73 Å². The van der Waals surface area contributed by atoms with E-state index in [1.807, 2.05) is 6.92 Å². The standard InChI is InChI=1S/C14H11F2N5/c1-8-6-9(2-4-12(8)17)14-18-19-20-21(14)13-5-3-10(15)7-11(13)16/h2-7H,17H2,1H3. The fourth-order valence-electron chi connectivity index (χ4n) is 2.00. The Bertz CT molecular complexity index is 813. The quantitative estimate of drug-likeness (QED) is 0.735. The molecular weight excluding hydrogens is 276 g/mol. The lowest BCUT2D eigenvalue weighted by atomic mass is 10.1. The minimum atomic E-state index is -0.740. The molecule has 0 amide bonds. The Morgan fingerprint density at radius 1 is 1.10 bits per heavy atom. The zero-order valence-corrected chi connectivity index (χ0v) is 11.1. The Hall–Kier alpha value is -2.83. The number of nitrogens with zero attached hydrogens (tertiary/aromatic N) is 4. The third-order valence-electron chi connectivity index (χ3n) is 3.14. The van der Waals surface area contributed by atoms with Gasteiger partial charge >= 0.3 is 0 Å². The van der Waals surface area contributed by atoms with Gasteiger partial charge < -0.3 is 5.73 Å². The van der Waals surface area contributed by atoms with E-state index < -0.39 is 11.6 Å². The SMILES string of the molecule is Cc1cc(-c2nnnn2-c2ccc(F)cc2F)ccc1N. The molecule has 0 fully saturated rings. The summed E-state index contributed by atoms with van der Waals surface area (Å²) in [4.78, 5) is 0. The summed E-state index contributed by atoms with van der Waals surface area (Å²) >= 11 is 0. The molecular formula is C14H11F2N5. The number of nitrogens with two attached hydrogens (primary N) is 1. The molecule has 0 bridgehead atoms. The molecule has 0 aliphatic rings. The second-order valence-electron chi connectivity index (χ2n) is 4.58. The number of aryl methyl sites for hydroxylation is 1. The highest BCUT2D eigenvalue weighted by atomic mass is 19.1. The minimum Gasteiger partial charge on any atom is -0.399 e. The number of hydrogen-bond donors (Lipinski definition) is 1. The number of halogens is 2. The molecule has 0 unspecified atom stereocenters. The highest BCUT2D eigenvalue weighted by Crippen LogP contribution is 2.24. The minimum absolute atomic E-state index is 0.0749. The van der Waals surface area contributed by atoms with Crippen LogP contribution in [0, 0.1) is 18.6 Å². The van der Waals surface area contributed by atoms with E-state index in [0.717, 1.165) is 17.7 Å². The number of anilines is 1. The average molecular weight is 287 g/mol. The first kappa shape index (κ1) is 13.2. The van der Waals surface area contributed by atoms with Gasteiger partial charge in [0, 0.05) is 17.3 Å². The molecule has 0 spiro atoms. The van der Waals surface area contributed by atoms with Gasteiger partial charge in [0.25, 0.3) is 0 Å². The first-order valence-electron chi connectivity index (χ1n) is 6.16. The summed E-state index contributed by atoms with van der Waals surface area (Å²) in [7, 11) is 0. The molecule has 1 heterocycles. The maximum atomic E-state index is 13.9. The highest BCUT2D eigenvalue weighted by Gasteiger charge is 2.15. The zero-order chi connectivity index (χ0) is 15.0. The van der Waals surface area contributed by atoms with Crippen molar-refractivity contribution in [3.63, 3.8) is 0 Å². The smallest absolute Gasteiger partial charge is 0.187 e. The van der Waals surface area contributed by atoms with Crippen molar-refractivity contribution in [3.8, 4) is 17.1 Å². The Morgan fingerprint density at radius 3 is 2.62 bits per heavy atom. The van der Waals surface area contributed by atoms with Crippen LogP contribution in [-0.2, 0) is 0 Å². The Balaban J connectivity index is 2.14. The third-order valence-corrected chi connectivity index (χ3v) is 3.14. The van der Waals surface area contributed by atoms with Crippen LogP contribution in [0.4, 0.5) is 14.5 Å². The fourth-order valence-corrected chi connectivity index (χ4v) is 2.00. The molecule has 7 heteroatoms. The first-order valence-corrected chi connectivity index (χ1v) is 6.16. The van der Waals surface area contributed by atoms with Gasteiger partial charge in [0.2, 0.25) is 0 Å². The lowest BCUT2D eigenvalue weighted by molar-refractivity contribution is 0.572. The molecule has 0 radical (unpaired) electrons. The summed E-state index contributed by atoms with van der Waals surface area (Å²) in [6, 6.07) is 8.50. The van der Waals surface area contributed by atoms with E-state index in [0.29, 0.717) is 17.1 Å². The predicted molar refractivity (Wildman–Crippen MR) is 73.7 cm³/mol. The Labute approximate surface area is 119 Å². The third kappa shape index (κ3) is 2.33. The molecule has 0 atom stereocenters. The number of hydrogen-bond acceptors (Lipinski definition) is 4. The second-order valence-corrected chi connectivity index (χ2v) is 4.58. The van der Waals surface area contributed by atoms with Crippen LogP contribution in [0.5, 0.6) is 0 Å². The van der Waals surface area contributed by atoms with Crippen LogP contribution in [0.1, 0.15) is 5.56 Å². The molecule has 2 N–H and O–H groups in total. The lowest BCUT2D eigenvalue weighted by Gasteiger charge is -2.07. The van der Waals surface area contributed by atoms with Gasteiger partial charge in [-0.25, -0.2) is 8.78 Å². The van der Waals surface area contributed by atoms with Crippen molar-refractivity contribution >= 4 is 5.69 Å². The van der Waals surface area contributed by atoms with E-state index in [2.05, 4.69) is 15.5 Å². The van der Waals surface area contributed by atoms with E-state index in [1.54, 1.807) is 18.2 Å². The Kier molecular flexibility index (Phi) is 3.09. The van der Waals surface area contributed by atoms with Crippen molar-refractivity contribution in [1.82, 2.24) is 20.2 Å². The lowest BCUT2D eigenvalue weighted by Crippen LogP contribution is -2.03. The van der Waals surface area contributed by atoms with E-state index in [1.165, 1.54) is 10.7 Å². The maximum absolute atomic E-state index is 13.9. The number of rotatable bonds is 2. The van der Waals surface area contributed by atoms with Crippen molar-refractivity contribution < 1.29 is 8.78 Å². The van der Waals surface area contributed by atoms with Crippen LogP contribution in [-0.4, -0.2) is 20.2 Å². The molecule has 21 heavy (non-hydrogen) atoms. The number of nitrogen functional groups attached to an aromatic ring is 1. The highest BCUT2D eigenvalue weighted by molar-refractivity contribution is 5.63. The molecule has 2 aromatic carbocycles. The number of benzene rings is 2. The van der Waals surface area contributed by atoms with Crippen LogP contribution in [0.15, 0.2) is 36.4 Å². The molecule has 1 aromatic heterocycles. The second kappa shape index (κ2) is 4.93. The summed E-state index contributed by atoms with van der Waals surface area (Å²) in [6.07, 6.45) is 0. The van der Waals surface area contributed by atoms with Gasteiger partial charge in [-0.15, -0.1) is 5.10 Å². The molecule has 106 valence electrons. The average Bonchev–Trinajstić information content (AvgIpc) is 2.91. The summed E-state index contributed by atoms with van der Waals surface area (Å²) in [5.41, 5.74) is 8.04. The van der Waals surface area contributed by atoms with Gasteiger partial charge in [0.05, 0.1) is 0 Å². The van der Waals surface area contributed by atoms with Gasteiger partial charge in [-0.05, 0) is 53.2 Å². The zero-order valence-electron chi connectivity index (χ0n) is 11.1. The van der Waals surface area contributed by atoms with E-state index >= 15 is 0 Å². The molecule has 0 saturated carbocycles. The Morgan fingerprint density at radius 2 is 1.90 bits per heavy atom. The molecule has 0 aliphatic carbocycles. The van der Waals surface area contributed by atoms with Crippen molar-refractivity contribution in [2.24, 2.45) is 0 Å². The monoisotopic (exact) mass is 287 g/mol. The van der Waals surface area contributed by atoms with Crippen LogP contribution >= 0.6 is 0 Å². The predicted octanol–water partition coefficient (Wildman–Crippen LogP) is 2.50. The number of aromatic nitrogens is 4. The van der Waals surface area contributed by atoms with E-state index in [-0.39, 0.29) is 5.69 Å². The van der Waals surface area contributed by atoms with Crippen LogP contribution in [0.2, 0.25) is 0 Å². The van der Waals surface area contributed by atoms with Gasteiger partial charge in [0.15, 0.2) is 11.6 Å². The molecule has 3 aromatic rings. The molecule has 0 saturated heterocycles. The van der Waals surface area contributed by atoms with Gasteiger partial charge in [0.1, 0.15) is 11.5 Å². The molecule has 0 aliphatic heterocycles. The summed E-state index contributed by atoms with van der Waals surface area (Å²) < 4.78 is 28.1. The van der Waals surface area contributed by atoms with Crippen molar-refractivity contribution in [2.75, 3.05) is 5.73 Å². The number of tetrazole rings is 1. The van der Waals surface area contributed by atoms with Crippen LogP contribution in [0.25, 0.3) is 17.1 Å². The first-order chi connectivity index (χ1) is 10.1. The van der Waals surface area contributed by atoms with Gasteiger partial charge in [-0.3, -0.25) is 0 Å². The summed E-state index contributed by atoms with van der Waals surface area (Å²) in [6.45, 7) is 1.85. The van der Waals surface area contributed by atoms with Crippen molar-refractivity contribution in [1.29, 1.82) is 0 Å². The van der Waals surface area contributed by atoms with Gasteiger partial charge in [-0.1, -0.05) is 0 Å². The molecule has 5 nitrogen and oxygen atoms in total. The summed E-state index contributed by atoms with van der Waals surface area (Å²) in [5, 5.41) is 11.2. The topological polar surface area (TPSA) is 69.6 Å².